The van der Waals surface area contributed by atoms with Gasteiger partial charge in [0.1, 0.15) is 0 Å². The Kier molecular flexibility index (Phi) is 5.58. The first kappa shape index (κ1) is 23.4. The summed E-state index contributed by atoms with van der Waals surface area (Å²) in [6.45, 7) is 2.28. The molecule has 0 fully saturated rings. The second kappa shape index (κ2) is 5.97. The summed E-state index contributed by atoms with van der Waals surface area (Å²) in [6.07, 6.45) is -7.37. The molecule has 0 saturated heterocycles. The van der Waals surface area contributed by atoms with Gasteiger partial charge in [0.2, 0.25) is 0 Å². The van der Waals surface area contributed by atoms with Crippen LogP contribution in [0.4, 0.5) is 52.7 Å². The van der Waals surface area contributed by atoms with Crippen LogP contribution >= 0.6 is 0 Å². The summed E-state index contributed by atoms with van der Waals surface area (Å²) in [5.41, 5.74) is 0. The van der Waals surface area contributed by atoms with Gasteiger partial charge >= 0.3 is 35.7 Å². The predicted molar refractivity (Wildman–Crippen MR) is 56.3 cm³/mol. The van der Waals surface area contributed by atoms with Gasteiger partial charge in [0, 0.05) is 13.8 Å². The van der Waals surface area contributed by atoms with Crippen molar-refractivity contribution in [3.63, 3.8) is 0 Å². The molecule has 0 unspecified atom stereocenters. The maximum absolute atomic E-state index is 13.7. The van der Waals surface area contributed by atoms with Crippen LogP contribution in [0.25, 0.3) is 0 Å². The van der Waals surface area contributed by atoms with E-state index in [1.165, 1.54) is 0 Å². The topological polar surface area (TPSA) is 26.3 Å². The second-order valence-corrected chi connectivity index (χ2v) is 4.79. The second-order valence-electron chi connectivity index (χ2n) is 4.79. The van der Waals surface area contributed by atoms with Crippen LogP contribution in [-0.2, 0) is 9.53 Å². The molecule has 148 valence electrons. The number of alkyl halides is 12. The molecule has 1 atom stereocenters. The van der Waals surface area contributed by atoms with Gasteiger partial charge in [-0.25, -0.2) is 0 Å². The fraction of sp³-hybridized carbons (Fsp3) is 0.727. The SMILES string of the molecule is C=C(O[C@](C)(F)C(F)(F)C(F)(F)C(F)(F)C(F)(F)C(F)(F)F)C(C)=O. The number of halogens is 12. The molecule has 0 aliphatic heterocycles. The van der Waals surface area contributed by atoms with E-state index in [1.807, 2.05) is 0 Å². The smallest absolute Gasteiger partial charge is 0.449 e. The molecule has 0 radical (unpaired) electrons. The predicted octanol–water partition coefficient (Wildman–Crippen LogP) is 4.89. The monoisotopic (exact) mass is 400 g/mol. The van der Waals surface area contributed by atoms with E-state index in [0.29, 0.717) is 6.92 Å². The summed E-state index contributed by atoms with van der Waals surface area (Å²) in [4.78, 5) is 10.6. The molecule has 0 bridgehead atoms. The normalized spacial score (nSPS) is 17.0. The van der Waals surface area contributed by atoms with Crippen LogP contribution in [0.3, 0.4) is 0 Å². The van der Waals surface area contributed by atoms with Crippen molar-refractivity contribution in [2.24, 2.45) is 0 Å². The van der Waals surface area contributed by atoms with Crippen LogP contribution in [0.2, 0.25) is 0 Å². The zero-order valence-electron chi connectivity index (χ0n) is 12.1. The van der Waals surface area contributed by atoms with Crippen molar-refractivity contribution >= 4 is 5.78 Å². The number of ketones is 1. The van der Waals surface area contributed by atoms with Gasteiger partial charge in [-0.3, -0.25) is 4.79 Å². The van der Waals surface area contributed by atoms with Crippen molar-refractivity contribution in [2.45, 2.75) is 49.6 Å². The minimum atomic E-state index is -7.78. The summed E-state index contributed by atoms with van der Waals surface area (Å²) in [6, 6.07) is 0. The summed E-state index contributed by atoms with van der Waals surface area (Å²) >= 11 is 0. The lowest BCUT2D eigenvalue weighted by atomic mass is 9.94. The van der Waals surface area contributed by atoms with Gasteiger partial charge in [0.05, 0.1) is 0 Å². The highest BCUT2D eigenvalue weighted by Crippen LogP contribution is 2.60. The first-order valence-corrected chi connectivity index (χ1v) is 5.73. The molecule has 0 spiro atoms. The summed E-state index contributed by atoms with van der Waals surface area (Å²) in [5.74, 6) is -38.3. The molecule has 2 nitrogen and oxygen atoms in total. The van der Waals surface area contributed by atoms with Crippen LogP contribution in [-0.4, -0.2) is 41.5 Å². The molecule has 0 aromatic carbocycles. The average molecular weight is 400 g/mol. The first-order valence-electron chi connectivity index (χ1n) is 5.73. The number of hydrogen-bond acceptors (Lipinski definition) is 2. The first-order chi connectivity index (χ1) is 10.6. The molecule has 0 rings (SSSR count). The number of hydrogen-bond donors (Lipinski definition) is 0. The van der Waals surface area contributed by atoms with Crippen LogP contribution in [0.15, 0.2) is 12.3 Å². The quantitative estimate of drug-likeness (QED) is 0.346. The fourth-order valence-electron chi connectivity index (χ4n) is 1.22. The third-order valence-electron chi connectivity index (χ3n) is 2.81. The highest BCUT2D eigenvalue weighted by molar-refractivity contribution is 5.90. The lowest BCUT2D eigenvalue weighted by Gasteiger charge is -2.41. The number of carbonyl (C=O) groups is 1. The highest BCUT2D eigenvalue weighted by Gasteiger charge is 2.90. The molecule has 0 aliphatic rings. The number of ether oxygens (including phenoxy) is 1. The van der Waals surface area contributed by atoms with Gasteiger partial charge in [-0.05, 0) is 0 Å². The molecular formula is C11H8F12O2. The average Bonchev–Trinajstić information content (AvgIpc) is 2.35. The van der Waals surface area contributed by atoms with Crippen molar-refractivity contribution in [3.05, 3.63) is 12.3 Å². The molecule has 0 amide bonds. The van der Waals surface area contributed by atoms with Gasteiger partial charge in [-0.15, -0.1) is 0 Å². The Hall–Kier alpha value is -1.63. The minimum absolute atomic E-state index is 0.487. The zero-order valence-corrected chi connectivity index (χ0v) is 12.1. The van der Waals surface area contributed by atoms with E-state index >= 15 is 0 Å². The van der Waals surface area contributed by atoms with E-state index in [1.54, 1.807) is 0 Å². The van der Waals surface area contributed by atoms with Crippen LogP contribution < -0.4 is 0 Å². The van der Waals surface area contributed by atoms with E-state index in [4.69, 9.17) is 0 Å². The summed E-state index contributed by atoms with van der Waals surface area (Å²) < 4.78 is 157. The van der Waals surface area contributed by atoms with Crippen molar-refractivity contribution in [1.29, 1.82) is 0 Å². The lowest BCUT2D eigenvalue weighted by Crippen LogP contribution is -2.70. The molecule has 0 N–H and O–H groups in total. The third kappa shape index (κ3) is 3.38. The molecule has 0 aromatic rings. The standard InChI is InChI=1S/C11H8F12O2/c1-4(24)5(2)25-6(3,12)7(13,14)8(15,16)9(17,18)10(19,20)11(21,22)23/h2H2,1,3H3/t6-/m0/s1. The van der Waals surface area contributed by atoms with Crippen molar-refractivity contribution in [3.8, 4) is 0 Å². The number of allylic oxidation sites excluding steroid dienone is 1. The Morgan fingerprint density at radius 1 is 0.720 bits per heavy atom. The Labute approximate surface area is 131 Å². The Bertz CT molecular complexity index is 546. The van der Waals surface area contributed by atoms with Gasteiger partial charge < -0.3 is 4.74 Å². The number of carbonyl (C=O) groups excluding carboxylic acids is 1. The van der Waals surface area contributed by atoms with E-state index in [9.17, 15) is 57.5 Å². The molecule has 0 aliphatic carbocycles. The molecule has 0 aromatic heterocycles. The third-order valence-corrected chi connectivity index (χ3v) is 2.81. The van der Waals surface area contributed by atoms with Crippen LogP contribution in [0.5, 0.6) is 0 Å². The molecular weight excluding hydrogens is 392 g/mol. The zero-order chi connectivity index (χ0) is 20.9. The van der Waals surface area contributed by atoms with E-state index < -0.39 is 54.2 Å². The summed E-state index contributed by atoms with van der Waals surface area (Å²) in [5, 5.41) is 0. The van der Waals surface area contributed by atoms with Gasteiger partial charge in [0.25, 0.3) is 0 Å². The lowest BCUT2D eigenvalue weighted by molar-refractivity contribution is -0.444. The Balaban J connectivity index is 6.20. The van der Waals surface area contributed by atoms with E-state index in [-0.39, 0.29) is 0 Å². The molecule has 0 saturated carbocycles. The van der Waals surface area contributed by atoms with Gasteiger partial charge in [-0.1, -0.05) is 6.58 Å². The largest absolute Gasteiger partial charge is 0.460 e. The van der Waals surface area contributed by atoms with Crippen molar-refractivity contribution in [2.75, 3.05) is 0 Å². The van der Waals surface area contributed by atoms with Gasteiger partial charge in [0.15, 0.2) is 11.5 Å². The molecule has 0 heterocycles. The van der Waals surface area contributed by atoms with E-state index in [2.05, 4.69) is 11.3 Å². The highest BCUT2D eigenvalue weighted by atomic mass is 19.4. The van der Waals surface area contributed by atoms with Gasteiger partial charge in [-0.2, -0.15) is 52.7 Å². The summed E-state index contributed by atoms with van der Waals surface area (Å²) in [7, 11) is 0. The van der Waals surface area contributed by atoms with Crippen LogP contribution in [0, 0.1) is 0 Å². The minimum Gasteiger partial charge on any atom is -0.449 e. The van der Waals surface area contributed by atoms with Crippen LogP contribution in [0.1, 0.15) is 13.8 Å². The Morgan fingerprint density at radius 2 is 1.04 bits per heavy atom. The molecule has 25 heavy (non-hydrogen) atoms. The molecule has 14 heteroatoms. The van der Waals surface area contributed by atoms with Crippen molar-refractivity contribution < 1.29 is 62.2 Å². The maximum atomic E-state index is 13.7. The van der Waals surface area contributed by atoms with Crippen molar-refractivity contribution in [1.82, 2.24) is 0 Å². The number of Topliss-reactive ketones (excluding diaryl/α,β-unsaturated/α-hetero) is 1. The Morgan fingerprint density at radius 3 is 1.32 bits per heavy atom. The fourth-order valence-corrected chi connectivity index (χ4v) is 1.22. The van der Waals surface area contributed by atoms with E-state index in [0.717, 1.165) is 0 Å². The maximum Gasteiger partial charge on any atom is 0.460 e. The number of rotatable bonds is 7.